The number of benzene rings is 6. The lowest BCUT2D eigenvalue weighted by atomic mass is 9.98. The van der Waals surface area contributed by atoms with Gasteiger partial charge >= 0.3 is 0 Å². The number of carbonyl (C=O) groups is 1. The molecule has 2 aromatic heterocycles. The fourth-order valence-corrected chi connectivity index (χ4v) is 9.32. The van der Waals surface area contributed by atoms with E-state index in [1.54, 1.807) is 0 Å². The zero-order valence-electron chi connectivity index (χ0n) is 42.4. The standard InChI is InChI=1S/C31H35N3O2Si.C29H33N3OSi/c1-23(26-12-9-13-28(20-26)32-24(2)35)27-15-16-29-30(17-14-25-10-7-6-8-11-25)33-34(31(29)21-27)22-36-18-19-37(3,4)5;1-22(24-11-8-12-26(30)19-24)25-14-15-27-28(16-13-23-9-6-5-7-10-23)31-32(29(27)20-25)21-33-17-18-34(2,3)4/h6-17,20-21H,1,18-19,22H2,2-5H3,(H,32,35);5-16,19-20H,1,17-18,21,30H2,2-4H3/b17-14+;16-13+. The summed E-state index contributed by atoms with van der Waals surface area (Å²) in [7, 11) is -2.32. The van der Waals surface area contributed by atoms with Crippen molar-refractivity contribution in [2.45, 2.75) is 71.8 Å². The first-order chi connectivity index (χ1) is 34.0. The van der Waals surface area contributed by atoms with Gasteiger partial charge in [0.15, 0.2) is 0 Å². The van der Waals surface area contributed by atoms with Gasteiger partial charge in [-0.3, -0.25) is 4.79 Å². The van der Waals surface area contributed by atoms with Crippen molar-refractivity contribution in [1.82, 2.24) is 19.6 Å². The molecule has 0 fully saturated rings. The molecule has 0 saturated heterocycles. The molecule has 0 bridgehead atoms. The fraction of sp³-hybridized carbons (Fsp3) is 0.217. The third kappa shape index (κ3) is 14.9. The predicted octanol–water partition coefficient (Wildman–Crippen LogP) is 14.7. The molecule has 0 spiro atoms. The summed E-state index contributed by atoms with van der Waals surface area (Å²) in [6.07, 6.45) is 8.31. The number of anilines is 2. The third-order valence-electron chi connectivity index (χ3n) is 11.9. The van der Waals surface area contributed by atoms with Crippen LogP contribution < -0.4 is 11.1 Å². The highest BCUT2D eigenvalue weighted by molar-refractivity contribution is 6.76. The number of nitrogens with zero attached hydrogens (tertiary/aromatic N) is 4. The van der Waals surface area contributed by atoms with Gasteiger partial charge in [-0.1, -0.05) is 162 Å². The topological polar surface area (TPSA) is 109 Å². The number of fused-ring (bicyclic) bond motifs is 2. The number of aromatic nitrogens is 4. The molecule has 3 N–H and O–H groups in total. The molecular formula is C60H68N6O3Si2. The number of nitrogens with one attached hydrogen (secondary N) is 1. The highest BCUT2D eigenvalue weighted by Gasteiger charge is 2.17. The lowest BCUT2D eigenvalue weighted by Gasteiger charge is -2.15. The van der Waals surface area contributed by atoms with Gasteiger partial charge in [0, 0.05) is 58.4 Å². The van der Waals surface area contributed by atoms with Crippen molar-refractivity contribution in [1.29, 1.82) is 0 Å². The molecule has 1 amide bonds. The van der Waals surface area contributed by atoms with Crippen molar-refractivity contribution in [3.8, 4) is 0 Å². The number of hydrogen-bond donors (Lipinski definition) is 2. The Morgan fingerprint density at radius 1 is 0.563 bits per heavy atom. The average molecular weight is 977 g/mol. The van der Waals surface area contributed by atoms with E-state index in [0.717, 1.165) is 114 Å². The minimum atomic E-state index is -1.17. The van der Waals surface area contributed by atoms with Crippen LogP contribution in [-0.4, -0.2) is 54.8 Å². The summed E-state index contributed by atoms with van der Waals surface area (Å²) in [5.74, 6) is -0.0988. The van der Waals surface area contributed by atoms with Gasteiger partial charge < -0.3 is 20.5 Å². The van der Waals surface area contributed by atoms with Gasteiger partial charge in [-0.25, -0.2) is 9.36 Å². The molecule has 0 atom stereocenters. The average Bonchev–Trinajstić information content (AvgIpc) is 3.88. The lowest BCUT2D eigenvalue weighted by molar-refractivity contribution is -0.114. The molecule has 11 heteroatoms. The van der Waals surface area contributed by atoms with Gasteiger partial charge in [0.1, 0.15) is 13.5 Å². The number of rotatable bonds is 19. The molecule has 0 unspecified atom stereocenters. The van der Waals surface area contributed by atoms with E-state index in [2.05, 4.69) is 143 Å². The van der Waals surface area contributed by atoms with Gasteiger partial charge in [0.2, 0.25) is 5.91 Å². The van der Waals surface area contributed by atoms with Crippen LogP contribution in [0.3, 0.4) is 0 Å². The van der Waals surface area contributed by atoms with E-state index in [0.29, 0.717) is 13.5 Å². The Bertz CT molecular complexity index is 3180. The van der Waals surface area contributed by atoms with E-state index in [9.17, 15) is 4.79 Å². The largest absolute Gasteiger partial charge is 0.399 e. The van der Waals surface area contributed by atoms with E-state index < -0.39 is 16.1 Å². The lowest BCUT2D eigenvalue weighted by Crippen LogP contribution is -2.22. The Morgan fingerprint density at radius 3 is 1.44 bits per heavy atom. The van der Waals surface area contributed by atoms with Crippen LogP contribution in [0.5, 0.6) is 0 Å². The number of nitrogen functional groups attached to an aromatic ring is 1. The molecule has 0 aliphatic rings. The predicted molar refractivity (Wildman–Crippen MR) is 306 cm³/mol. The first-order valence-corrected chi connectivity index (χ1v) is 31.7. The highest BCUT2D eigenvalue weighted by Crippen LogP contribution is 2.31. The van der Waals surface area contributed by atoms with Gasteiger partial charge in [-0.15, -0.1) is 0 Å². The van der Waals surface area contributed by atoms with E-state index in [1.807, 2.05) is 94.3 Å². The summed E-state index contributed by atoms with van der Waals surface area (Å²) in [4.78, 5) is 11.5. The van der Waals surface area contributed by atoms with Crippen molar-refractivity contribution in [2.75, 3.05) is 24.3 Å². The second-order valence-electron chi connectivity index (χ2n) is 20.3. The summed E-state index contributed by atoms with van der Waals surface area (Å²) in [6, 6.07) is 51.0. The molecule has 8 rings (SSSR count). The van der Waals surface area contributed by atoms with Gasteiger partial charge in [-0.05, 0) is 117 Å². The molecule has 6 aromatic carbocycles. The summed E-state index contributed by atoms with van der Waals surface area (Å²) in [6.45, 7) is 26.6. The summed E-state index contributed by atoms with van der Waals surface area (Å²) < 4.78 is 16.0. The van der Waals surface area contributed by atoms with E-state index >= 15 is 0 Å². The molecule has 0 aliphatic heterocycles. The summed E-state index contributed by atoms with van der Waals surface area (Å²) in [5.41, 5.74) is 19.4. The van der Waals surface area contributed by atoms with Crippen LogP contribution >= 0.6 is 0 Å². The summed E-state index contributed by atoms with van der Waals surface area (Å²) in [5, 5.41) is 14.8. The highest BCUT2D eigenvalue weighted by atomic mass is 28.3. The first kappa shape index (κ1) is 51.7. The number of carbonyl (C=O) groups excluding carboxylic acids is 1. The SMILES string of the molecule is C=C(c1cccc(N)c1)c1ccc2c(/C=C/c3ccccc3)nn(COCC[Si](C)(C)C)c2c1.C=C(c1cccc(NC(C)=O)c1)c1ccc2c(/C=C/c3ccccc3)nn(COCC[Si](C)(C)C)c2c1. The third-order valence-corrected chi connectivity index (χ3v) is 15.3. The Hall–Kier alpha value is -7.16. The fourth-order valence-electron chi connectivity index (χ4n) is 7.80. The molecule has 8 aromatic rings. The van der Waals surface area contributed by atoms with E-state index in [-0.39, 0.29) is 5.91 Å². The molecular weight excluding hydrogens is 909 g/mol. The van der Waals surface area contributed by atoms with Crippen LogP contribution in [0, 0.1) is 0 Å². The monoisotopic (exact) mass is 976 g/mol. The van der Waals surface area contributed by atoms with Crippen molar-refractivity contribution in [3.05, 3.63) is 204 Å². The minimum Gasteiger partial charge on any atom is -0.399 e. The smallest absolute Gasteiger partial charge is 0.221 e. The Labute approximate surface area is 422 Å². The van der Waals surface area contributed by atoms with Crippen LogP contribution in [0.2, 0.25) is 51.4 Å². The zero-order chi connectivity index (χ0) is 50.5. The Morgan fingerprint density at radius 2 is 1.00 bits per heavy atom. The van der Waals surface area contributed by atoms with Crippen molar-refractivity contribution < 1.29 is 14.3 Å². The quantitative estimate of drug-likeness (QED) is 0.0475. The second kappa shape index (κ2) is 23.6. The number of ether oxygens (including phenoxy) is 2. The van der Waals surface area contributed by atoms with Crippen molar-refractivity contribution in [2.24, 2.45) is 0 Å². The minimum absolute atomic E-state index is 0.0988. The van der Waals surface area contributed by atoms with Crippen molar-refractivity contribution >= 4 is 90.7 Å². The molecule has 71 heavy (non-hydrogen) atoms. The molecule has 0 aliphatic carbocycles. The maximum atomic E-state index is 11.5. The molecule has 0 saturated carbocycles. The number of amides is 1. The van der Waals surface area contributed by atoms with E-state index in [1.165, 1.54) is 6.92 Å². The normalized spacial score (nSPS) is 11.9. The second-order valence-corrected chi connectivity index (χ2v) is 31.5. The van der Waals surface area contributed by atoms with Gasteiger partial charge in [-0.2, -0.15) is 10.2 Å². The van der Waals surface area contributed by atoms with Crippen LogP contribution in [0.25, 0.3) is 57.3 Å². The first-order valence-electron chi connectivity index (χ1n) is 24.3. The van der Waals surface area contributed by atoms with Crippen molar-refractivity contribution in [3.63, 3.8) is 0 Å². The van der Waals surface area contributed by atoms with Crippen LogP contribution in [-0.2, 0) is 27.7 Å². The van der Waals surface area contributed by atoms with E-state index in [4.69, 9.17) is 25.4 Å². The van der Waals surface area contributed by atoms with Crippen LogP contribution in [0.4, 0.5) is 11.4 Å². The zero-order valence-corrected chi connectivity index (χ0v) is 44.4. The maximum Gasteiger partial charge on any atom is 0.221 e. The Kier molecular flexibility index (Phi) is 17.2. The summed E-state index contributed by atoms with van der Waals surface area (Å²) >= 11 is 0. The van der Waals surface area contributed by atoms with Gasteiger partial charge in [0.25, 0.3) is 0 Å². The van der Waals surface area contributed by atoms with Crippen LogP contribution in [0.1, 0.15) is 51.7 Å². The molecule has 364 valence electrons. The molecule has 0 radical (unpaired) electrons. The maximum absolute atomic E-state index is 11.5. The number of nitrogens with two attached hydrogens (primary N) is 1. The number of hydrogen-bond acceptors (Lipinski definition) is 6. The van der Waals surface area contributed by atoms with Gasteiger partial charge in [0.05, 0.1) is 22.4 Å². The Balaban J connectivity index is 0.000000209. The molecule has 2 heterocycles. The molecule has 9 nitrogen and oxygen atoms in total. The van der Waals surface area contributed by atoms with Crippen LogP contribution in [0.15, 0.2) is 159 Å².